The molecule has 104 valence electrons. The lowest BCUT2D eigenvalue weighted by Crippen LogP contribution is -2.35. The van der Waals surface area contributed by atoms with E-state index in [-0.39, 0.29) is 11.3 Å². The van der Waals surface area contributed by atoms with Gasteiger partial charge in [0.25, 0.3) is 0 Å². The van der Waals surface area contributed by atoms with Crippen LogP contribution in [0.2, 0.25) is 0 Å². The van der Waals surface area contributed by atoms with Gasteiger partial charge in [0.15, 0.2) is 11.5 Å². The van der Waals surface area contributed by atoms with E-state index in [1.54, 1.807) is 14.2 Å². The third kappa shape index (κ3) is 2.53. The van der Waals surface area contributed by atoms with E-state index in [4.69, 9.17) is 9.47 Å². The molecule has 0 spiro atoms. The van der Waals surface area contributed by atoms with Crippen molar-refractivity contribution in [3.63, 3.8) is 0 Å². The van der Waals surface area contributed by atoms with Crippen molar-refractivity contribution in [3.05, 3.63) is 23.8 Å². The zero-order chi connectivity index (χ0) is 13.9. The fourth-order valence-electron chi connectivity index (χ4n) is 2.31. The highest BCUT2D eigenvalue weighted by Crippen LogP contribution is 2.50. The lowest BCUT2D eigenvalue weighted by molar-refractivity contribution is -0.123. The Morgan fingerprint density at radius 3 is 2.47 bits per heavy atom. The maximum Gasteiger partial charge on any atom is 0.230 e. The summed E-state index contributed by atoms with van der Waals surface area (Å²) in [5.74, 6) is 1.49. The van der Waals surface area contributed by atoms with E-state index in [0.29, 0.717) is 11.5 Å². The topological polar surface area (TPSA) is 47.6 Å². The molecule has 0 bridgehead atoms. The molecule has 1 aliphatic carbocycles. The second-order valence-corrected chi connectivity index (χ2v) is 4.91. The van der Waals surface area contributed by atoms with Gasteiger partial charge in [-0.3, -0.25) is 4.79 Å². The minimum atomic E-state index is -0.352. The van der Waals surface area contributed by atoms with Gasteiger partial charge in [-0.1, -0.05) is 13.0 Å². The summed E-state index contributed by atoms with van der Waals surface area (Å²) >= 11 is 0. The van der Waals surface area contributed by atoms with Gasteiger partial charge in [-0.05, 0) is 37.0 Å². The molecule has 1 aromatic carbocycles. The fourth-order valence-corrected chi connectivity index (χ4v) is 2.31. The fraction of sp³-hybridized carbons (Fsp3) is 0.533. The molecule has 1 N–H and O–H groups in total. The smallest absolute Gasteiger partial charge is 0.230 e. The van der Waals surface area contributed by atoms with Crippen molar-refractivity contribution in [1.82, 2.24) is 5.32 Å². The zero-order valence-electron chi connectivity index (χ0n) is 11.8. The van der Waals surface area contributed by atoms with Crippen molar-refractivity contribution in [3.8, 4) is 11.5 Å². The van der Waals surface area contributed by atoms with Gasteiger partial charge in [-0.15, -0.1) is 0 Å². The number of hydrogen-bond acceptors (Lipinski definition) is 3. The van der Waals surface area contributed by atoms with Crippen LogP contribution in [0.3, 0.4) is 0 Å². The monoisotopic (exact) mass is 263 g/mol. The maximum absolute atomic E-state index is 12.3. The summed E-state index contributed by atoms with van der Waals surface area (Å²) in [5.41, 5.74) is 0.660. The highest BCUT2D eigenvalue weighted by atomic mass is 16.5. The number of carbonyl (C=O) groups excluding carboxylic acids is 1. The molecule has 1 aliphatic rings. The summed E-state index contributed by atoms with van der Waals surface area (Å²) < 4.78 is 10.5. The molecule has 0 aromatic heterocycles. The van der Waals surface area contributed by atoms with Crippen LogP contribution in [0.5, 0.6) is 11.5 Å². The van der Waals surface area contributed by atoms with Gasteiger partial charge in [0, 0.05) is 6.54 Å². The summed E-state index contributed by atoms with van der Waals surface area (Å²) in [5, 5.41) is 2.99. The molecule has 1 aromatic rings. The molecule has 1 amide bonds. The van der Waals surface area contributed by atoms with E-state index in [0.717, 1.165) is 31.4 Å². The molecule has 0 radical (unpaired) electrons. The van der Waals surface area contributed by atoms with E-state index >= 15 is 0 Å². The number of amides is 1. The Kier molecular flexibility index (Phi) is 3.98. The summed E-state index contributed by atoms with van der Waals surface area (Å²) in [4.78, 5) is 12.3. The molecular weight excluding hydrogens is 242 g/mol. The Morgan fingerprint density at radius 2 is 1.95 bits per heavy atom. The minimum Gasteiger partial charge on any atom is -0.493 e. The van der Waals surface area contributed by atoms with Crippen molar-refractivity contribution >= 4 is 5.91 Å². The lowest BCUT2D eigenvalue weighted by atomic mass is 9.94. The summed E-state index contributed by atoms with van der Waals surface area (Å²) in [7, 11) is 3.22. The number of ether oxygens (including phenoxy) is 2. The third-order valence-electron chi connectivity index (χ3n) is 3.66. The van der Waals surface area contributed by atoms with Crippen LogP contribution in [0.1, 0.15) is 31.7 Å². The number of carbonyl (C=O) groups is 1. The Morgan fingerprint density at radius 1 is 1.26 bits per heavy atom. The van der Waals surface area contributed by atoms with Gasteiger partial charge in [0.05, 0.1) is 19.6 Å². The molecule has 19 heavy (non-hydrogen) atoms. The van der Waals surface area contributed by atoms with Crippen molar-refractivity contribution in [2.75, 3.05) is 20.8 Å². The average Bonchev–Trinajstić information content (AvgIpc) is 3.25. The summed E-state index contributed by atoms with van der Waals surface area (Å²) in [6, 6.07) is 5.73. The van der Waals surface area contributed by atoms with Crippen LogP contribution in [0, 0.1) is 0 Å². The molecule has 0 unspecified atom stereocenters. The van der Waals surface area contributed by atoms with Gasteiger partial charge in [0.1, 0.15) is 0 Å². The van der Waals surface area contributed by atoms with Gasteiger partial charge in [0.2, 0.25) is 5.91 Å². The largest absolute Gasteiger partial charge is 0.493 e. The van der Waals surface area contributed by atoms with Crippen LogP contribution >= 0.6 is 0 Å². The highest BCUT2D eigenvalue weighted by molar-refractivity contribution is 5.91. The average molecular weight is 263 g/mol. The van der Waals surface area contributed by atoms with Crippen LogP contribution < -0.4 is 14.8 Å². The SMILES string of the molecule is CCCNC(=O)C1(c2ccc(OC)c(OC)c2)CC1. The number of rotatable bonds is 6. The highest BCUT2D eigenvalue weighted by Gasteiger charge is 2.51. The summed E-state index contributed by atoms with van der Waals surface area (Å²) in [6.07, 6.45) is 2.75. The van der Waals surface area contributed by atoms with Crippen LogP contribution in [0.15, 0.2) is 18.2 Å². The predicted octanol–water partition coefficient (Wildman–Crippen LogP) is 2.26. The van der Waals surface area contributed by atoms with Gasteiger partial charge in [-0.25, -0.2) is 0 Å². The normalized spacial score (nSPS) is 15.7. The van der Waals surface area contributed by atoms with Gasteiger partial charge in [-0.2, -0.15) is 0 Å². The number of nitrogens with one attached hydrogen (secondary N) is 1. The first-order valence-corrected chi connectivity index (χ1v) is 6.68. The van der Waals surface area contributed by atoms with E-state index in [1.807, 2.05) is 18.2 Å². The molecular formula is C15H21NO3. The van der Waals surface area contributed by atoms with Crippen LogP contribution in [-0.4, -0.2) is 26.7 Å². The van der Waals surface area contributed by atoms with Crippen LogP contribution in [-0.2, 0) is 10.2 Å². The van der Waals surface area contributed by atoms with E-state index < -0.39 is 0 Å². The van der Waals surface area contributed by atoms with E-state index in [2.05, 4.69) is 12.2 Å². The Labute approximate surface area is 114 Å². The van der Waals surface area contributed by atoms with Crippen molar-refractivity contribution in [2.24, 2.45) is 0 Å². The first-order chi connectivity index (χ1) is 9.17. The second kappa shape index (κ2) is 5.51. The molecule has 1 saturated carbocycles. The third-order valence-corrected chi connectivity index (χ3v) is 3.66. The van der Waals surface area contributed by atoms with Crippen molar-refractivity contribution in [2.45, 2.75) is 31.6 Å². The standard InChI is InChI=1S/C15H21NO3/c1-4-9-16-14(17)15(7-8-15)11-5-6-12(18-2)13(10-11)19-3/h5-6,10H,4,7-9H2,1-3H3,(H,16,17). The molecule has 0 atom stereocenters. The molecule has 0 heterocycles. The molecule has 2 rings (SSSR count). The van der Waals surface area contributed by atoms with E-state index in [1.165, 1.54) is 0 Å². The molecule has 0 aliphatic heterocycles. The number of hydrogen-bond donors (Lipinski definition) is 1. The molecule has 0 saturated heterocycles. The Bertz CT molecular complexity index is 466. The number of benzene rings is 1. The van der Waals surface area contributed by atoms with Crippen molar-refractivity contribution < 1.29 is 14.3 Å². The predicted molar refractivity (Wildman–Crippen MR) is 73.8 cm³/mol. The molecule has 4 heteroatoms. The maximum atomic E-state index is 12.3. The number of methoxy groups -OCH3 is 2. The quantitative estimate of drug-likeness (QED) is 0.856. The first kappa shape index (κ1) is 13.7. The molecule has 4 nitrogen and oxygen atoms in total. The minimum absolute atomic E-state index is 0.126. The summed E-state index contributed by atoms with van der Waals surface area (Å²) in [6.45, 7) is 2.78. The Balaban J connectivity index is 2.24. The zero-order valence-corrected chi connectivity index (χ0v) is 11.8. The lowest BCUT2D eigenvalue weighted by Gasteiger charge is -2.17. The van der Waals surface area contributed by atoms with E-state index in [9.17, 15) is 4.79 Å². The van der Waals surface area contributed by atoms with Gasteiger partial charge >= 0.3 is 0 Å². The van der Waals surface area contributed by atoms with Crippen LogP contribution in [0.25, 0.3) is 0 Å². The molecule has 1 fully saturated rings. The van der Waals surface area contributed by atoms with Gasteiger partial charge < -0.3 is 14.8 Å². The first-order valence-electron chi connectivity index (χ1n) is 6.68. The van der Waals surface area contributed by atoms with Crippen molar-refractivity contribution in [1.29, 1.82) is 0 Å². The Hall–Kier alpha value is -1.71. The van der Waals surface area contributed by atoms with Crippen LogP contribution in [0.4, 0.5) is 0 Å². The second-order valence-electron chi connectivity index (χ2n) is 4.91.